The normalized spacial score (nSPS) is 12.6. The Morgan fingerprint density at radius 2 is 1.23 bits per heavy atom. The molecule has 0 aliphatic rings. The van der Waals surface area contributed by atoms with E-state index in [-0.39, 0.29) is 30.7 Å². The number of nitro groups is 3. The van der Waals surface area contributed by atoms with Crippen LogP contribution in [0, 0.1) is 30.3 Å². The first-order valence-electron chi connectivity index (χ1n) is 10.2. The third-order valence-electron chi connectivity index (χ3n) is 4.41. The third kappa shape index (κ3) is 13.3. The zero-order chi connectivity index (χ0) is 22.8. The average Bonchev–Trinajstić information content (AvgIpc) is 2.69. The van der Waals surface area contributed by atoms with Crippen molar-refractivity contribution in [2.24, 2.45) is 0 Å². The first-order valence-corrected chi connectivity index (χ1v) is 10.2. The smallest absolute Gasteiger partial charge is 0.253 e. The highest BCUT2D eigenvalue weighted by Crippen LogP contribution is 2.17. The van der Waals surface area contributed by atoms with Gasteiger partial charge in [0.05, 0.1) is 21.2 Å². The number of nitrogens with zero attached hydrogens (tertiary/aromatic N) is 3. The van der Waals surface area contributed by atoms with Crippen molar-refractivity contribution in [1.82, 2.24) is 0 Å². The Morgan fingerprint density at radius 3 is 1.80 bits per heavy atom. The van der Waals surface area contributed by atoms with Gasteiger partial charge in [0.15, 0.2) is 6.29 Å². The van der Waals surface area contributed by atoms with Crippen LogP contribution in [0.4, 0.5) is 0 Å². The first kappa shape index (κ1) is 27.1. The second kappa shape index (κ2) is 17.0. The molecule has 0 heterocycles. The van der Waals surface area contributed by atoms with E-state index >= 15 is 0 Å². The maximum atomic E-state index is 11.2. The number of allylic oxidation sites excluding steroid dienone is 3. The molecule has 0 aromatic heterocycles. The molecular weight excluding hydrogens is 394 g/mol. The topological polar surface area (TPSA) is 146 Å². The Bertz CT molecular complexity index is 669. The van der Waals surface area contributed by atoms with Crippen LogP contribution in [0.3, 0.4) is 0 Å². The van der Waals surface area contributed by atoms with Crippen LogP contribution in [-0.4, -0.2) is 21.1 Å². The maximum Gasteiger partial charge on any atom is 0.253 e. The maximum absolute atomic E-state index is 11.2. The molecule has 0 bridgehead atoms. The van der Waals surface area contributed by atoms with Crippen LogP contribution in [0.25, 0.3) is 0 Å². The molecule has 0 N–H and O–H groups in total. The van der Waals surface area contributed by atoms with E-state index in [1.807, 2.05) is 0 Å². The van der Waals surface area contributed by atoms with Gasteiger partial charge in [-0.25, -0.2) is 0 Å². The van der Waals surface area contributed by atoms with Crippen LogP contribution < -0.4 is 0 Å². The number of hydrogen-bond donors (Lipinski definition) is 0. The van der Waals surface area contributed by atoms with E-state index in [9.17, 15) is 35.1 Å². The molecule has 0 aliphatic heterocycles. The summed E-state index contributed by atoms with van der Waals surface area (Å²) in [5, 5.41) is 33.6. The molecule has 30 heavy (non-hydrogen) atoms. The number of carbonyl (C=O) groups excluding carboxylic acids is 1. The molecule has 0 saturated carbocycles. The van der Waals surface area contributed by atoms with Crippen molar-refractivity contribution in [2.45, 2.75) is 84.0 Å². The number of unbranched alkanes of at least 4 members (excludes halogenated alkanes) is 8. The lowest BCUT2D eigenvalue weighted by atomic mass is 10.1. The summed E-state index contributed by atoms with van der Waals surface area (Å²) in [7, 11) is 0. The lowest BCUT2D eigenvalue weighted by Gasteiger charge is -2.00. The van der Waals surface area contributed by atoms with Crippen LogP contribution in [0.1, 0.15) is 84.0 Å². The predicted molar refractivity (Wildman–Crippen MR) is 112 cm³/mol. The summed E-state index contributed by atoms with van der Waals surface area (Å²) in [6.45, 7) is 2.12. The number of hydrogen-bond acceptors (Lipinski definition) is 7. The van der Waals surface area contributed by atoms with Gasteiger partial charge < -0.3 is 0 Å². The second-order valence-corrected chi connectivity index (χ2v) is 6.83. The molecule has 0 fully saturated rings. The van der Waals surface area contributed by atoms with E-state index in [2.05, 4.69) is 6.92 Å². The number of rotatable bonds is 18. The summed E-state index contributed by atoms with van der Waals surface area (Å²) >= 11 is 0. The van der Waals surface area contributed by atoms with Gasteiger partial charge in [0, 0.05) is 12.5 Å². The van der Waals surface area contributed by atoms with Crippen molar-refractivity contribution in [3.05, 3.63) is 65.7 Å². The first-order chi connectivity index (χ1) is 14.3. The molecular formula is C20H30N3O7. The molecule has 167 valence electrons. The Balaban J connectivity index is 5.00. The van der Waals surface area contributed by atoms with Crippen LogP contribution in [0.5, 0.6) is 0 Å². The summed E-state index contributed by atoms with van der Waals surface area (Å²) in [6.07, 6.45) is 12.1. The highest BCUT2D eigenvalue weighted by Gasteiger charge is 2.22. The van der Waals surface area contributed by atoms with Gasteiger partial charge in [0.1, 0.15) is 6.42 Å². The van der Waals surface area contributed by atoms with E-state index in [0.717, 1.165) is 38.2 Å². The minimum Gasteiger partial charge on any atom is -0.291 e. The van der Waals surface area contributed by atoms with Gasteiger partial charge in [0.25, 0.3) is 11.4 Å². The quantitative estimate of drug-likeness (QED) is 0.165. The van der Waals surface area contributed by atoms with Gasteiger partial charge >= 0.3 is 0 Å². The van der Waals surface area contributed by atoms with Gasteiger partial charge in [-0.1, -0.05) is 39.0 Å². The Morgan fingerprint density at radius 1 is 0.733 bits per heavy atom. The third-order valence-corrected chi connectivity index (χ3v) is 4.41. The van der Waals surface area contributed by atoms with E-state index in [0.29, 0.717) is 12.8 Å². The molecule has 10 heteroatoms. The van der Waals surface area contributed by atoms with Gasteiger partial charge in [-0.3, -0.25) is 35.1 Å². The molecule has 0 aliphatic carbocycles. The average molecular weight is 424 g/mol. The molecule has 0 aromatic carbocycles. The van der Waals surface area contributed by atoms with E-state index in [4.69, 9.17) is 0 Å². The molecule has 1 radical (unpaired) electrons. The zero-order valence-corrected chi connectivity index (χ0v) is 17.4. The van der Waals surface area contributed by atoms with Crippen LogP contribution in [0.15, 0.2) is 35.3 Å². The van der Waals surface area contributed by atoms with Gasteiger partial charge in [-0.05, 0) is 37.8 Å². The molecule has 10 nitrogen and oxygen atoms in total. The van der Waals surface area contributed by atoms with Crippen LogP contribution >= 0.6 is 0 Å². The molecule has 0 aromatic rings. The van der Waals surface area contributed by atoms with Crippen LogP contribution in [0.2, 0.25) is 0 Å². The Labute approximate surface area is 176 Å². The van der Waals surface area contributed by atoms with Crippen molar-refractivity contribution in [3.63, 3.8) is 0 Å². The fourth-order valence-electron chi connectivity index (χ4n) is 2.70. The fourth-order valence-corrected chi connectivity index (χ4v) is 2.70. The van der Waals surface area contributed by atoms with Crippen molar-refractivity contribution in [1.29, 1.82) is 0 Å². The SMILES string of the molecule is CCCCCCCC/C=C(\C/C=C(\C/C(=C\CCC[C]=O)[N+](=O)[O-])[N+](=O)[O-])[N+](=O)[O-]. The van der Waals surface area contributed by atoms with Gasteiger partial charge in [-0.2, -0.15) is 0 Å². The molecule has 0 saturated heterocycles. The summed E-state index contributed by atoms with van der Waals surface area (Å²) in [5.74, 6) is 0. The molecule has 0 atom stereocenters. The lowest BCUT2D eigenvalue weighted by Crippen LogP contribution is -2.07. The van der Waals surface area contributed by atoms with Crippen molar-refractivity contribution < 1.29 is 19.6 Å². The standard InChI is InChI=1S/C20H30N3O7/c1-2-3-4-5-6-7-9-12-18(21(25)26)14-15-20(23(29)30)17-19(22(27)28)13-10-8-11-16-24/h12-13,15H,2-11,14,17H2,1H3/b18-12+,19-13+,20-15+. The Kier molecular flexibility index (Phi) is 15.3. The van der Waals surface area contributed by atoms with Crippen LogP contribution in [-0.2, 0) is 4.79 Å². The van der Waals surface area contributed by atoms with E-state index < -0.39 is 26.9 Å². The highest BCUT2D eigenvalue weighted by atomic mass is 16.6. The van der Waals surface area contributed by atoms with Gasteiger partial charge in [0.2, 0.25) is 5.70 Å². The molecule has 0 amide bonds. The van der Waals surface area contributed by atoms with Crippen molar-refractivity contribution in [3.8, 4) is 0 Å². The van der Waals surface area contributed by atoms with E-state index in [1.165, 1.54) is 18.6 Å². The van der Waals surface area contributed by atoms with Crippen molar-refractivity contribution >= 4 is 6.29 Å². The monoisotopic (exact) mass is 424 g/mol. The second-order valence-electron chi connectivity index (χ2n) is 6.83. The zero-order valence-electron chi connectivity index (χ0n) is 17.4. The van der Waals surface area contributed by atoms with Gasteiger partial charge in [-0.15, -0.1) is 0 Å². The summed E-state index contributed by atoms with van der Waals surface area (Å²) in [6, 6.07) is 0. The fraction of sp³-hybridized carbons (Fsp3) is 0.650. The summed E-state index contributed by atoms with van der Waals surface area (Å²) in [4.78, 5) is 41.7. The molecule has 0 rings (SSSR count). The van der Waals surface area contributed by atoms with E-state index in [1.54, 1.807) is 6.29 Å². The Hall–Kier alpha value is -2.91. The minimum atomic E-state index is -0.762. The van der Waals surface area contributed by atoms with Crippen molar-refractivity contribution in [2.75, 3.05) is 0 Å². The largest absolute Gasteiger partial charge is 0.291 e. The molecule has 0 spiro atoms. The predicted octanol–water partition coefficient (Wildman–Crippen LogP) is 5.28. The lowest BCUT2D eigenvalue weighted by molar-refractivity contribution is -0.450. The molecule has 0 unspecified atom stereocenters. The minimum absolute atomic E-state index is 0.120. The summed E-state index contributed by atoms with van der Waals surface area (Å²) < 4.78 is 0. The highest BCUT2D eigenvalue weighted by molar-refractivity contribution is 5.50. The summed E-state index contributed by atoms with van der Waals surface area (Å²) in [5.41, 5.74) is -0.995.